The molecule has 0 saturated carbocycles. The molecule has 2 nitrogen and oxygen atoms in total. The van der Waals surface area contributed by atoms with Crippen LogP contribution in [0, 0.1) is 6.92 Å². The number of nitrogen functional groups attached to an aromatic ring is 1. The molecule has 0 aromatic heterocycles. The maximum Gasteiger partial charge on any atom is 0.168 e. The summed E-state index contributed by atoms with van der Waals surface area (Å²) in [5.74, 6) is 1.32. The van der Waals surface area contributed by atoms with Gasteiger partial charge in [-0.25, -0.2) is 0 Å². The lowest BCUT2D eigenvalue weighted by Gasteiger charge is -2.23. The van der Waals surface area contributed by atoms with Crippen molar-refractivity contribution in [3.8, 4) is 11.5 Å². The minimum Gasteiger partial charge on any atom is -0.453 e. The van der Waals surface area contributed by atoms with Crippen molar-refractivity contribution in [2.75, 3.05) is 5.73 Å². The first-order valence-corrected chi connectivity index (χ1v) is 7.00. The van der Waals surface area contributed by atoms with Gasteiger partial charge < -0.3 is 10.5 Å². The lowest BCUT2D eigenvalue weighted by atomic mass is 9.86. The average Bonchev–Trinajstić information content (AvgIpc) is 2.32. The van der Waals surface area contributed by atoms with Crippen molar-refractivity contribution in [2.45, 2.75) is 33.1 Å². The number of nitrogens with two attached hydrogens (primary N) is 1. The summed E-state index contributed by atoms with van der Waals surface area (Å²) in [6, 6.07) is 11.6. The van der Waals surface area contributed by atoms with E-state index in [1.165, 1.54) is 0 Å². The number of aryl methyl sites for hydroxylation is 1. The Morgan fingerprint density at radius 2 is 1.80 bits per heavy atom. The van der Waals surface area contributed by atoms with Crippen LogP contribution in [0.5, 0.6) is 11.5 Å². The zero-order chi connectivity index (χ0) is 14.9. The van der Waals surface area contributed by atoms with Crippen LogP contribution in [0.3, 0.4) is 0 Å². The molecule has 0 aliphatic rings. The summed E-state index contributed by atoms with van der Waals surface area (Å²) in [6.07, 6.45) is 0. The summed E-state index contributed by atoms with van der Waals surface area (Å²) in [5, 5.41) is 0.520. The Hall–Kier alpha value is -1.67. The van der Waals surface area contributed by atoms with E-state index in [0.717, 1.165) is 16.9 Å². The zero-order valence-electron chi connectivity index (χ0n) is 12.3. The number of hydrogen-bond acceptors (Lipinski definition) is 2. The quantitative estimate of drug-likeness (QED) is 0.759. The third-order valence-electron chi connectivity index (χ3n) is 3.15. The molecule has 3 heteroatoms. The van der Waals surface area contributed by atoms with E-state index in [4.69, 9.17) is 22.1 Å². The van der Waals surface area contributed by atoms with Gasteiger partial charge in [0.15, 0.2) is 5.75 Å². The van der Waals surface area contributed by atoms with Crippen LogP contribution in [-0.4, -0.2) is 0 Å². The lowest BCUT2D eigenvalue weighted by Crippen LogP contribution is -2.12. The Morgan fingerprint density at radius 1 is 1.10 bits per heavy atom. The van der Waals surface area contributed by atoms with E-state index in [9.17, 15) is 0 Å². The first-order chi connectivity index (χ1) is 9.29. The summed E-state index contributed by atoms with van der Waals surface area (Å²) < 4.78 is 6.02. The Balaban J connectivity index is 2.51. The molecule has 0 radical (unpaired) electrons. The topological polar surface area (TPSA) is 35.2 Å². The van der Waals surface area contributed by atoms with Gasteiger partial charge >= 0.3 is 0 Å². The van der Waals surface area contributed by atoms with Crippen molar-refractivity contribution < 1.29 is 4.74 Å². The van der Waals surface area contributed by atoms with Gasteiger partial charge in [-0.05, 0) is 36.1 Å². The van der Waals surface area contributed by atoms with Crippen LogP contribution >= 0.6 is 11.6 Å². The molecule has 106 valence electrons. The molecule has 20 heavy (non-hydrogen) atoms. The minimum absolute atomic E-state index is 0.0148. The monoisotopic (exact) mass is 289 g/mol. The SMILES string of the molecule is Cc1ccc(C(C)(C)C)c(Oc2c(N)cccc2Cl)c1. The van der Waals surface area contributed by atoms with Gasteiger partial charge in [0.05, 0.1) is 10.7 Å². The molecular formula is C17H20ClNO. The fourth-order valence-electron chi connectivity index (χ4n) is 2.08. The van der Waals surface area contributed by atoms with Crippen LogP contribution in [0.1, 0.15) is 31.9 Å². The van der Waals surface area contributed by atoms with Crippen LogP contribution in [-0.2, 0) is 5.41 Å². The summed E-state index contributed by atoms with van der Waals surface area (Å²) >= 11 is 6.18. The van der Waals surface area contributed by atoms with Crippen molar-refractivity contribution in [3.05, 3.63) is 52.5 Å². The minimum atomic E-state index is -0.0148. The van der Waals surface area contributed by atoms with Crippen LogP contribution in [0.2, 0.25) is 5.02 Å². The van der Waals surface area contributed by atoms with Crippen LogP contribution in [0.25, 0.3) is 0 Å². The predicted molar refractivity (Wildman–Crippen MR) is 85.8 cm³/mol. The highest BCUT2D eigenvalue weighted by Gasteiger charge is 2.20. The summed E-state index contributed by atoms with van der Waals surface area (Å²) in [6.45, 7) is 8.50. The molecule has 0 bridgehead atoms. The second-order valence-electron chi connectivity index (χ2n) is 6.01. The highest BCUT2D eigenvalue weighted by molar-refractivity contribution is 6.32. The molecule has 0 amide bonds. The molecule has 2 aromatic rings. The van der Waals surface area contributed by atoms with Crippen LogP contribution < -0.4 is 10.5 Å². The Bertz CT molecular complexity index is 609. The molecule has 0 atom stereocenters. The molecule has 0 unspecified atom stereocenters. The van der Waals surface area contributed by atoms with Gasteiger partial charge in [-0.1, -0.05) is 50.6 Å². The summed E-state index contributed by atoms with van der Waals surface area (Å²) in [7, 11) is 0. The number of anilines is 1. The fourth-order valence-corrected chi connectivity index (χ4v) is 2.30. The first-order valence-electron chi connectivity index (χ1n) is 6.62. The molecule has 2 aromatic carbocycles. The van der Waals surface area contributed by atoms with Gasteiger partial charge in [0, 0.05) is 5.56 Å². The second-order valence-corrected chi connectivity index (χ2v) is 6.42. The number of rotatable bonds is 2. The van der Waals surface area contributed by atoms with Crippen molar-refractivity contribution in [1.29, 1.82) is 0 Å². The summed E-state index contributed by atoms with van der Waals surface area (Å²) in [5.41, 5.74) is 8.75. The van der Waals surface area contributed by atoms with E-state index in [1.807, 2.05) is 19.1 Å². The van der Waals surface area contributed by atoms with Gasteiger partial charge in [-0.3, -0.25) is 0 Å². The molecule has 0 fully saturated rings. The van der Waals surface area contributed by atoms with E-state index in [1.54, 1.807) is 12.1 Å². The number of ether oxygens (including phenoxy) is 1. The highest BCUT2D eigenvalue weighted by atomic mass is 35.5. The smallest absolute Gasteiger partial charge is 0.168 e. The van der Waals surface area contributed by atoms with E-state index in [0.29, 0.717) is 16.5 Å². The molecule has 0 aliphatic heterocycles. The molecule has 0 aliphatic carbocycles. The maximum atomic E-state index is 6.18. The largest absolute Gasteiger partial charge is 0.453 e. The van der Waals surface area contributed by atoms with Crippen molar-refractivity contribution in [2.24, 2.45) is 0 Å². The van der Waals surface area contributed by atoms with Crippen LogP contribution in [0.15, 0.2) is 36.4 Å². The van der Waals surface area contributed by atoms with E-state index >= 15 is 0 Å². The Labute approximate surface area is 125 Å². The highest BCUT2D eigenvalue weighted by Crippen LogP contribution is 2.39. The van der Waals surface area contributed by atoms with Crippen LogP contribution in [0.4, 0.5) is 5.69 Å². The number of para-hydroxylation sites is 1. The molecular weight excluding hydrogens is 270 g/mol. The number of benzene rings is 2. The lowest BCUT2D eigenvalue weighted by molar-refractivity contribution is 0.457. The average molecular weight is 290 g/mol. The standard InChI is InChI=1S/C17H20ClNO/c1-11-8-9-12(17(2,3)4)15(10-11)20-16-13(18)6-5-7-14(16)19/h5-10H,19H2,1-4H3. The Morgan fingerprint density at radius 3 is 2.40 bits per heavy atom. The maximum absolute atomic E-state index is 6.18. The molecule has 0 saturated heterocycles. The van der Waals surface area contributed by atoms with Crippen molar-refractivity contribution in [3.63, 3.8) is 0 Å². The van der Waals surface area contributed by atoms with Crippen molar-refractivity contribution in [1.82, 2.24) is 0 Å². The van der Waals surface area contributed by atoms with Crippen molar-refractivity contribution >= 4 is 17.3 Å². The molecule has 0 heterocycles. The Kier molecular flexibility index (Phi) is 3.96. The van der Waals surface area contributed by atoms with Gasteiger partial charge in [0.1, 0.15) is 5.75 Å². The predicted octanol–water partition coefficient (Wildman–Crippen LogP) is 5.32. The number of hydrogen-bond donors (Lipinski definition) is 1. The zero-order valence-corrected chi connectivity index (χ0v) is 13.1. The third-order valence-corrected chi connectivity index (χ3v) is 3.45. The molecule has 0 spiro atoms. The van der Waals surface area contributed by atoms with E-state index < -0.39 is 0 Å². The van der Waals surface area contributed by atoms with Gasteiger partial charge in [0.2, 0.25) is 0 Å². The number of halogens is 1. The molecule has 2 N–H and O–H groups in total. The van der Waals surface area contributed by atoms with Gasteiger partial charge in [-0.15, -0.1) is 0 Å². The fraction of sp³-hybridized carbons (Fsp3) is 0.294. The van der Waals surface area contributed by atoms with E-state index in [-0.39, 0.29) is 5.41 Å². The van der Waals surface area contributed by atoms with Gasteiger partial charge in [-0.2, -0.15) is 0 Å². The normalized spacial score (nSPS) is 11.4. The second kappa shape index (κ2) is 5.37. The first kappa shape index (κ1) is 14.7. The molecule has 2 rings (SSSR count). The summed E-state index contributed by atoms with van der Waals surface area (Å²) in [4.78, 5) is 0. The van der Waals surface area contributed by atoms with E-state index in [2.05, 4.69) is 32.9 Å². The third kappa shape index (κ3) is 3.07. The van der Waals surface area contributed by atoms with Gasteiger partial charge in [0.25, 0.3) is 0 Å².